The molecule has 2 unspecified atom stereocenters. The number of hydrogen-bond acceptors (Lipinski definition) is 8. The van der Waals surface area contributed by atoms with Gasteiger partial charge < -0.3 is 24.0 Å². The molecule has 0 bridgehead atoms. The minimum Gasteiger partial charge on any atom is -0.462 e. The Morgan fingerprint density at radius 3 is 1.75 bits per heavy atom. The number of aliphatic hydroxyl groups is 1. The van der Waals surface area contributed by atoms with Crippen molar-refractivity contribution >= 4 is 19.8 Å². The van der Waals surface area contributed by atoms with Crippen LogP contribution in [0.1, 0.15) is 123 Å². The van der Waals surface area contributed by atoms with Crippen LogP contribution in [0.15, 0.2) is 97.2 Å². The number of carbonyl (C=O) groups excluding carboxylic acids is 2. The van der Waals surface area contributed by atoms with Gasteiger partial charge >= 0.3 is 19.8 Å². The van der Waals surface area contributed by atoms with Gasteiger partial charge in [0.25, 0.3) is 0 Å². The van der Waals surface area contributed by atoms with Crippen molar-refractivity contribution in [1.82, 2.24) is 0 Å². The zero-order chi connectivity index (χ0) is 42.3. The number of phosphoric acid groups is 1. The summed E-state index contributed by atoms with van der Waals surface area (Å²) in [5, 5.41) is 10.2. The largest absolute Gasteiger partial charge is 0.472 e. The average Bonchev–Trinajstić information content (AvgIpc) is 3.15. The quantitative estimate of drug-likeness (QED) is 0.0159. The fraction of sp³-hybridized carbons (Fsp3) is 0.609. The van der Waals surface area contributed by atoms with E-state index in [2.05, 4.69) is 80.7 Å². The van der Waals surface area contributed by atoms with Crippen molar-refractivity contribution in [2.75, 3.05) is 47.5 Å². The lowest BCUT2D eigenvalue weighted by atomic mass is 10.1. The molecule has 0 aromatic carbocycles. The summed E-state index contributed by atoms with van der Waals surface area (Å²) in [4.78, 5) is 35.3. The highest BCUT2D eigenvalue weighted by molar-refractivity contribution is 7.47. The highest BCUT2D eigenvalue weighted by Gasteiger charge is 2.27. The lowest BCUT2D eigenvalue weighted by Gasteiger charge is -2.24. The molecule has 0 aliphatic carbocycles. The third kappa shape index (κ3) is 40.9. The Kier molecular flexibility index (Phi) is 35.2. The van der Waals surface area contributed by atoms with Gasteiger partial charge in [-0.2, -0.15) is 0 Å². The Hall–Kier alpha value is -3.11. The molecule has 0 radical (unpaired) electrons. The molecule has 0 aliphatic rings. The summed E-state index contributed by atoms with van der Waals surface area (Å²) in [6, 6.07) is 0. The van der Waals surface area contributed by atoms with Gasteiger partial charge in [-0.15, -0.1) is 0 Å². The molecule has 0 heterocycles. The second-order valence-electron chi connectivity index (χ2n) is 14.8. The Morgan fingerprint density at radius 1 is 0.632 bits per heavy atom. The highest BCUT2D eigenvalue weighted by atomic mass is 31.2. The number of unbranched alkanes of at least 4 members (excludes halogenated alkanes) is 5. The van der Waals surface area contributed by atoms with Crippen LogP contribution in [0, 0.1) is 0 Å². The molecule has 57 heavy (non-hydrogen) atoms. The maximum Gasteiger partial charge on any atom is 0.472 e. The van der Waals surface area contributed by atoms with Crippen LogP contribution in [-0.2, 0) is 32.7 Å². The van der Waals surface area contributed by atoms with E-state index < -0.39 is 38.6 Å². The third-order valence-corrected chi connectivity index (χ3v) is 9.20. The molecular weight excluding hydrogens is 741 g/mol. The predicted molar refractivity (Wildman–Crippen MR) is 234 cm³/mol. The summed E-state index contributed by atoms with van der Waals surface area (Å²) in [6.45, 7) is 3.96. The summed E-state index contributed by atoms with van der Waals surface area (Å²) in [5.41, 5.74) is 0. The first-order chi connectivity index (χ1) is 27.4. The van der Waals surface area contributed by atoms with Gasteiger partial charge in [0.05, 0.1) is 33.9 Å². The van der Waals surface area contributed by atoms with Gasteiger partial charge in [-0.05, 0) is 70.6 Å². The number of nitrogens with zero attached hydrogens (tertiary/aromatic N) is 1. The number of ether oxygens (including phenoxy) is 2. The molecule has 3 atom stereocenters. The number of carbonyl (C=O) groups is 2. The number of rotatable bonds is 36. The summed E-state index contributed by atoms with van der Waals surface area (Å²) in [6.07, 6.45) is 44.9. The van der Waals surface area contributed by atoms with E-state index in [4.69, 9.17) is 18.5 Å². The van der Waals surface area contributed by atoms with Gasteiger partial charge in [-0.25, -0.2) is 4.57 Å². The zero-order valence-corrected chi connectivity index (χ0v) is 36.8. The van der Waals surface area contributed by atoms with Gasteiger partial charge in [0, 0.05) is 12.8 Å². The first-order valence-corrected chi connectivity index (χ1v) is 22.6. The monoisotopic (exact) mass is 819 g/mol. The Labute approximate surface area is 346 Å². The van der Waals surface area contributed by atoms with Crippen molar-refractivity contribution in [2.45, 2.75) is 135 Å². The number of quaternary nitrogens is 1. The molecule has 0 aliphatic heterocycles. The number of likely N-dealkylation sites (N-methyl/N-ethyl adjacent to an activating group) is 1. The summed E-state index contributed by atoms with van der Waals surface area (Å²) in [7, 11) is 1.36. The number of phosphoric ester groups is 1. The van der Waals surface area contributed by atoms with Crippen molar-refractivity contribution in [2.24, 2.45) is 0 Å². The van der Waals surface area contributed by atoms with Crippen molar-refractivity contribution in [3.05, 3.63) is 97.2 Å². The van der Waals surface area contributed by atoms with Crippen LogP contribution < -0.4 is 0 Å². The average molecular weight is 819 g/mol. The lowest BCUT2D eigenvalue weighted by Crippen LogP contribution is -2.37. The highest BCUT2D eigenvalue weighted by Crippen LogP contribution is 2.43. The van der Waals surface area contributed by atoms with Crippen LogP contribution >= 0.6 is 7.82 Å². The molecule has 0 aromatic heterocycles. The van der Waals surface area contributed by atoms with Crippen LogP contribution in [0.2, 0.25) is 0 Å². The standard InChI is InChI=1S/C46H76NO9P/c1-6-8-10-12-14-15-16-17-18-19-20-21-22-23-25-29-33-37-45(49)53-41-44(42-55-57(51,52)54-40-39-47(3,4)5)56-46(50)38-34-30-26-28-32-36-43(48)35-31-27-24-13-11-9-7-2/h8-11,14-15,17-18,20-21,23-25,27,31,35,43-44,48H,6-7,12-13,16,19,22,26,28-30,32-34,36-42H2,1-5H3/p+1/b10-8-,11-9+,15-14-,18-17-,21-20-,25-23-,27-24+,35-31+/t43?,44-/m1/s1. The van der Waals surface area contributed by atoms with Gasteiger partial charge in [0.1, 0.15) is 19.8 Å². The van der Waals surface area contributed by atoms with Gasteiger partial charge in [-0.3, -0.25) is 18.6 Å². The molecule has 10 nitrogen and oxygen atoms in total. The summed E-state index contributed by atoms with van der Waals surface area (Å²) in [5.74, 6) is -0.956. The first-order valence-electron chi connectivity index (χ1n) is 21.1. The van der Waals surface area contributed by atoms with Gasteiger partial charge in [0.15, 0.2) is 6.10 Å². The van der Waals surface area contributed by atoms with E-state index in [-0.39, 0.29) is 26.1 Å². The van der Waals surface area contributed by atoms with E-state index in [1.54, 1.807) is 6.08 Å². The topological polar surface area (TPSA) is 129 Å². The molecule has 0 fully saturated rings. The van der Waals surface area contributed by atoms with E-state index in [9.17, 15) is 24.2 Å². The molecule has 11 heteroatoms. The normalized spacial score (nSPS) is 15.1. The molecule has 324 valence electrons. The van der Waals surface area contributed by atoms with Gasteiger partial charge in [-0.1, -0.05) is 137 Å². The number of esters is 2. The van der Waals surface area contributed by atoms with E-state index >= 15 is 0 Å². The van der Waals surface area contributed by atoms with Gasteiger partial charge in [0.2, 0.25) is 0 Å². The molecule has 0 aromatic rings. The molecular formula is C46H77NO9P+. The van der Waals surface area contributed by atoms with Crippen molar-refractivity contribution in [3.8, 4) is 0 Å². The second-order valence-corrected chi connectivity index (χ2v) is 16.3. The molecule has 0 saturated carbocycles. The van der Waals surface area contributed by atoms with Crippen molar-refractivity contribution in [3.63, 3.8) is 0 Å². The molecule has 0 rings (SSSR count). The number of aliphatic hydroxyl groups excluding tert-OH is 1. The van der Waals surface area contributed by atoms with Crippen molar-refractivity contribution in [1.29, 1.82) is 0 Å². The summed E-state index contributed by atoms with van der Waals surface area (Å²) >= 11 is 0. The van der Waals surface area contributed by atoms with Crippen LogP contribution in [-0.4, -0.2) is 86.1 Å². The Bertz CT molecular complexity index is 1310. The third-order valence-electron chi connectivity index (χ3n) is 8.21. The van der Waals surface area contributed by atoms with Crippen LogP contribution in [0.25, 0.3) is 0 Å². The molecule has 0 spiro atoms. The van der Waals surface area contributed by atoms with E-state index in [1.165, 1.54) is 0 Å². The number of hydrogen-bond donors (Lipinski definition) is 2. The SMILES string of the molecule is CC/C=C\C/C=C\C/C=C\C/C=C\C/C=C\CCCC(=O)OC[C@H](COP(=O)(O)OCC[N+](C)(C)C)OC(=O)CCCCCCCC(O)/C=C/C=C/C/C=C/CC. The fourth-order valence-corrected chi connectivity index (χ4v) is 5.68. The molecule has 0 saturated heterocycles. The summed E-state index contributed by atoms with van der Waals surface area (Å²) < 4.78 is 34.1. The second kappa shape index (κ2) is 37.2. The molecule has 0 amide bonds. The fourth-order valence-electron chi connectivity index (χ4n) is 4.94. The maximum absolute atomic E-state index is 12.7. The number of allylic oxidation sites excluding steroid dienone is 15. The first kappa shape index (κ1) is 53.9. The minimum atomic E-state index is -4.42. The van der Waals surface area contributed by atoms with Crippen LogP contribution in [0.4, 0.5) is 0 Å². The van der Waals surface area contributed by atoms with Crippen molar-refractivity contribution < 1.29 is 47.2 Å². The van der Waals surface area contributed by atoms with E-state index in [0.717, 1.165) is 77.0 Å². The maximum atomic E-state index is 12.7. The molecule has 2 N–H and O–H groups in total. The van der Waals surface area contributed by atoms with Crippen LogP contribution in [0.5, 0.6) is 0 Å². The van der Waals surface area contributed by atoms with E-state index in [0.29, 0.717) is 30.3 Å². The predicted octanol–water partition coefficient (Wildman–Crippen LogP) is 10.8. The smallest absolute Gasteiger partial charge is 0.462 e. The van der Waals surface area contributed by atoms with Crippen LogP contribution in [0.3, 0.4) is 0 Å². The zero-order valence-electron chi connectivity index (χ0n) is 35.9. The Morgan fingerprint density at radius 2 is 1.16 bits per heavy atom. The van der Waals surface area contributed by atoms with E-state index in [1.807, 2.05) is 45.4 Å². The lowest BCUT2D eigenvalue weighted by molar-refractivity contribution is -0.870. The minimum absolute atomic E-state index is 0.00118. The Balaban J connectivity index is 4.59.